The molecule has 0 saturated heterocycles. The van der Waals surface area contributed by atoms with Gasteiger partial charge in [0.1, 0.15) is 4.83 Å². The Labute approximate surface area is 120 Å². The summed E-state index contributed by atoms with van der Waals surface area (Å²) in [6.07, 6.45) is 8.10. The van der Waals surface area contributed by atoms with E-state index in [0.717, 1.165) is 35.9 Å². The van der Waals surface area contributed by atoms with Gasteiger partial charge in [-0.25, -0.2) is 0 Å². The molecule has 1 fully saturated rings. The highest BCUT2D eigenvalue weighted by Gasteiger charge is 2.28. The summed E-state index contributed by atoms with van der Waals surface area (Å²) in [7, 11) is 0. The van der Waals surface area contributed by atoms with Crippen molar-refractivity contribution in [3.8, 4) is 0 Å². The maximum absolute atomic E-state index is 12.8. The molecule has 0 bridgehead atoms. The number of rotatable bonds is 1. The van der Waals surface area contributed by atoms with E-state index in [9.17, 15) is 4.79 Å². The summed E-state index contributed by atoms with van der Waals surface area (Å²) in [6, 6.07) is 0.349. The van der Waals surface area contributed by atoms with Crippen LogP contribution in [0.25, 0.3) is 10.2 Å². The number of fused-ring (bicyclic) bond motifs is 3. The summed E-state index contributed by atoms with van der Waals surface area (Å²) in [6.45, 7) is 0. The van der Waals surface area contributed by atoms with E-state index in [0.29, 0.717) is 10.8 Å². The molecule has 0 atom stereocenters. The van der Waals surface area contributed by atoms with Crippen molar-refractivity contribution in [2.45, 2.75) is 51.0 Å². The zero-order valence-corrected chi connectivity index (χ0v) is 12.3. The molecule has 3 nitrogen and oxygen atoms in total. The standard InChI is InChI=1S/C14H16N2OS2/c17-13-11-9-4-2-1-3-5-10(9)19-12(11)15-14(18)16(13)8-6-7-8/h8H,1-7H2,(H,15,18). The topological polar surface area (TPSA) is 37.8 Å². The number of thiophene rings is 1. The van der Waals surface area contributed by atoms with E-state index in [1.807, 2.05) is 4.57 Å². The first-order valence-electron chi connectivity index (χ1n) is 7.05. The van der Waals surface area contributed by atoms with Crippen LogP contribution in [-0.4, -0.2) is 9.55 Å². The lowest BCUT2D eigenvalue weighted by atomic mass is 10.1. The lowest BCUT2D eigenvalue weighted by Crippen LogP contribution is -2.21. The van der Waals surface area contributed by atoms with Gasteiger partial charge >= 0.3 is 0 Å². The van der Waals surface area contributed by atoms with Gasteiger partial charge in [0, 0.05) is 10.9 Å². The molecule has 2 heterocycles. The van der Waals surface area contributed by atoms with Crippen LogP contribution in [0.5, 0.6) is 0 Å². The molecule has 0 aromatic carbocycles. The number of aryl methyl sites for hydroxylation is 2. The molecule has 1 N–H and O–H groups in total. The average molecular weight is 292 g/mol. The van der Waals surface area contributed by atoms with Gasteiger partial charge in [-0.1, -0.05) is 6.42 Å². The minimum Gasteiger partial charge on any atom is -0.323 e. The maximum Gasteiger partial charge on any atom is 0.263 e. The molecule has 0 amide bonds. The largest absolute Gasteiger partial charge is 0.323 e. The molecule has 5 heteroatoms. The number of hydrogen-bond donors (Lipinski definition) is 1. The smallest absolute Gasteiger partial charge is 0.263 e. The summed E-state index contributed by atoms with van der Waals surface area (Å²) < 4.78 is 2.42. The van der Waals surface area contributed by atoms with E-state index in [1.54, 1.807) is 11.3 Å². The number of H-pyrrole nitrogens is 1. The fraction of sp³-hybridized carbons (Fsp3) is 0.571. The molecule has 1 saturated carbocycles. The number of nitrogens with zero attached hydrogens (tertiary/aromatic N) is 1. The highest BCUT2D eigenvalue weighted by molar-refractivity contribution is 7.71. The van der Waals surface area contributed by atoms with Crippen LogP contribution in [0.2, 0.25) is 0 Å². The summed E-state index contributed by atoms with van der Waals surface area (Å²) in [5.41, 5.74) is 1.46. The summed E-state index contributed by atoms with van der Waals surface area (Å²) >= 11 is 7.11. The minimum atomic E-state index is 0.153. The molecule has 0 radical (unpaired) electrons. The summed E-state index contributed by atoms with van der Waals surface area (Å²) in [4.78, 5) is 18.5. The van der Waals surface area contributed by atoms with Crippen molar-refractivity contribution in [2.24, 2.45) is 0 Å². The van der Waals surface area contributed by atoms with Crippen LogP contribution < -0.4 is 5.56 Å². The molecule has 0 spiro atoms. The van der Waals surface area contributed by atoms with Crippen LogP contribution in [0.4, 0.5) is 0 Å². The quantitative estimate of drug-likeness (QED) is 0.642. The van der Waals surface area contributed by atoms with E-state index in [-0.39, 0.29) is 5.56 Å². The monoisotopic (exact) mass is 292 g/mol. The molecular formula is C14H16N2OS2. The van der Waals surface area contributed by atoms with Gasteiger partial charge < -0.3 is 4.98 Å². The Morgan fingerprint density at radius 2 is 2.00 bits per heavy atom. The highest BCUT2D eigenvalue weighted by Crippen LogP contribution is 2.36. The third-order valence-corrected chi connectivity index (χ3v) is 5.71. The Kier molecular flexibility index (Phi) is 2.67. The zero-order chi connectivity index (χ0) is 13.0. The first-order valence-corrected chi connectivity index (χ1v) is 8.27. The van der Waals surface area contributed by atoms with E-state index in [4.69, 9.17) is 12.2 Å². The molecule has 2 aliphatic rings. The lowest BCUT2D eigenvalue weighted by Gasteiger charge is -2.05. The van der Waals surface area contributed by atoms with Crippen molar-refractivity contribution in [3.05, 3.63) is 25.6 Å². The molecule has 4 rings (SSSR count). The van der Waals surface area contributed by atoms with Gasteiger partial charge in [-0.05, 0) is 56.3 Å². The predicted octanol–water partition coefficient (Wildman–Crippen LogP) is 3.72. The zero-order valence-electron chi connectivity index (χ0n) is 10.7. The average Bonchev–Trinajstić information content (AvgIpc) is 3.16. The fourth-order valence-corrected chi connectivity index (χ4v) is 4.77. The van der Waals surface area contributed by atoms with Crippen LogP contribution in [0.15, 0.2) is 4.79 Å². The number of aromatic nitrogens is 2. The number of nitrogens with one attached hydrogen (secondary N) is 1. The van der Waals surface area contributed by atoms with Gasteiger partial charge in [0.15, 0.2) is 4.77 Å². The van der Waals surface area contributed by atoms with Gasteiger partial charge in [-0.2, -0.15) is 0 Å². The van der Waals surface area contributed by atoms with Crippen molar-refractivity contribution in [2.75, 3.05) is 0 Å². The Balaban J connectivity index is 2.06. The van der Waals surface area contributed by atoms with E-state index in [1.165, 1.54) is 29.7 Å². The van der Waals surface area contributed by atoms with Gasteiger partial charge in [-0.3, -0.25) is 9.36 Å². The van der Waals surface area contributed by atoms with Crippen LogP contribution >= 0.6 is 23.6 Å². The molecule has 0 aliphatic heterocycles. The van der Waals surface area contributed by atoms with Crippen LogP contribution in [-0.2, 0) is 12.8 Å². The van der Waals surface area contributed by atoms with Crippen LogP contribution in [0.3, 0.4) is 0 Å². The van der Waals surface area contributed by atoms with Gasteiger partial charge in [0.2, 0.25) is 0 Å². The molecule has 19 heavy (non-hydrogen) atoms. The predicted molar refractivity (Wildman–Crippen MR) is 80.8 cm³/mol. The third-order valence-electron chi connectivity index (χ3n) is 4.21. The first-order chi connectivity index (χ1) is 9.25. The summed E-state index contributed by atoms with van der Waals surface area (Å²) in [5.74, 6) is 0. The van der Waals surface area contributed by atoms with Crippen molar-refractivity contribution in [1.29, 1.82) is 0 Å². The molecule has 2 aliphatic carbocycles. The molecule has 0 unspecified atom stereocenters. The molecule has 2 aromatic heterocycles. The molecule has 100 valence electrons. The van der Waals surface area contributed by atoms with Crippen molar-refractivity contribution < 1.29 is 0 Å². The van der Waals surface area contributed by atoms with E-state index >= 15 is 0 Å². The number of hydrogen-bond acceptors (Lipinski definition) is 3. The molecule has 2 aromatic rings. The number of aromatic amines is 1. The molecular weight excluding hydrogens is 276 g/mol. The Morgan fingerprint density at radius 3 is 2.79 bits per heavy atom. The van der Waals surface area contributed by atoms with Gasteiger partial charge in [0.05, 0.1) is 5.39 Å². The van der Waals surface area contributed by atoms with E-state index < -0.39 is 0 Å². The maximum atomic E-state index is 12.8. The van der Waals surface area contributed by atoms with Gasteiger partial charge in [-0.15, -0.1) is 11.3 Å². The Bertz CT molecular complexity index is 764. The highest BCUT2D eigenvalue weighted by atomic mass is 32.1. The van der Waals surface area contributed by atoms with Crippen LogP contribution in [0.1, 0.15) is 48.6 Å². The first kappa shape index (κ1) is 11.9. The van der Waals surface area contributed by atoms with E-state index in [2.05, 4.69) is 4.98 Å². The Hall–Kier alpha value is -0.940. The summed E-state index contributed by atoms with van der Waals surface area (Å²) in [5, 5.41) is 0.933. The Morgan fingerprint density at radius 1 is 1.21 bits per heavy atom. The lowest BCUT2D eigenvalue weighted by molar-refractivity contribution is 0.684. The fourth-order valence-electron chi connectivity index (χ4n) is 3.09. The second-order valence-corrected chi connectivity index (χ2v) is 7.10. The van der Waals surface area contributed by atoms with Crippen molar-refractivity contribution >= 4 is 33.8 Å². The van der Waals surface area contributed by atoms with Gasteiger partial charge in [0.25, 0.3) is 5.56 Å². The second kappa shape index (κ2) is 4.28. The van der Waals surface area contributed by atoms with Crippen LogP contribution in [0, 0.1) is 4.77 Å². The second-order valence-electron chi connectivity index (χ2n) is 5.61. The van der Waals surface area contributed by atoms with Crippen molar-refractivity contribution in [3.63, 3.8) is 0 Å². The minimum absolute atomic E-state index is 0.153. The third kappa shape index (κ3) is 1.82. The van der Waals surface area contributed by atoms with Crippen molar-refractivity contribution in [1.82, 2.24) is 9.55 Å². The normalized spacial score (nSPS) is 19.4. The SMILES string of the molecule is O=c1c2c3c(sc2[nH]c(=S)n1C1CC1)CCCCC3.